The molecule has 0 saturated heterocycles. The van der Waals surface area contributed by atoms with Gasteiger partial charge in [-0.2, -0.15) is 0 Å². The number of fused-ring (bicyclic) bond motifs is 4. The lowest BCUT2D eigenvalue weighted by Crippen LogP contribution is -2.10. The van der Waals surface area contributed by atoms with Gasteiger partial charge in [-0.15, -0.1) is 11.3 Å². The molecule has 1 aliphatic carbocycles. The average Bonchev–Trinajstić information content (AvgIpc) is 3.70. The van der Waals surface area contributed by atoms with Gasteiger partial charge in [-0.05, 0) is 105 Å². The maximum absolute atomic E-state index is 2.49. The zero-order valence-corrected chi connectivity index (χ0v) is 28.3. The summed E-state index contributed by atoms with van der Waals surface area (Å²) in [5.74, 6) is 0. The van der Waals surface area contributed by atoms with Gasteiger partial charge in [-0.1, -0.05) is 103 Å². The summed E-state index contributed by atoms with van der Waals surface area (Å²) in [7, 11) is 0. The highest BCUT2D eigenvalue weighted by Gasteiger charge is 2.25. The van der Waals surface area contributed by atoms with Gasteiger partial charge in [0.2, 0.25) is 0 Å². The molecule has 0 unspecified atom stereocenters. The van der Waals surface area contributed by atoms with Crippen molar-refractivity contribution in [2.45, 2.75) is 0 Å². The third kappa shape index (κ3) is 3.71. The van der Waals surface area contributed by atoms with Gasteiger partial charge in [0, 0.05) is 59.1 Å². The number of anilines is 3. The van der Waals surface area contributed by atoms with Crippen LogP contribution >= 0.6 is 11.3 Å². The fourth-order valence-electron chi connectivity index (χ4n) is 8.93. The smallest absolute Gasteiger partial charge is 0.0548 e. The zero-order valence-electron chi connectivity index (χ0n) is 27.5. The highest BCUT2D eigenvalue weighted by atomic mass is 32.1. The fraction of sp³-hybridized carbons (Fsp3) is 0. The molecule has 3 heteroatoms. The van der Waals surface area contributed by atoms with E-state index in [4.69, 9.17) is 0 Å². The lowest BCUT2D eigenvalue weighted by atomic mass is 9.98. The molecule has 2 heterocycles. The largest absolute Gasteiger partial charge is 0.310 e. The van der Waals surface area contributed by atoms with Gasteiger partial charge < -0.3 is 9.47 Å². The van der Waals surface area contributed by atoms with Crippen LogP contribution in [0.3, 0.4) is 0 Å². The topological polar surface area (TPSA) is 8.17 Å². The second-order valence-corrected chi connectivity index (χ2v) is 14.8. The maximum Gasteiger partial charge on any atom is 0.0548 e. The molecule has 0 spiro atoms. The van der Waals surface area contributed by atoms with Crippen molar-refractivity contribution in [2.24, 2.45) is 0 Å². The molecule has 0 N–H and O–H groups in total. The minimum atomic E-state index is 1.12. The van der Waals surface area contributed by atoms with Gasteiger partial charge in [-0.3, -0.25) is 0 Å². The molecule has 12 rings (SSSR count). The molecule has 9 aromatic carbocycles. The summed E-state index contributed by atoms with van der Waals surface area (Å²) in [4.78, 5) is 2.39. The molecule has 0 atom stereocenters. The first-order valence-corrected chi connectivity index (χ1v) is 18.3. The van der Waals surface area contributed by atoms with Crippen molar-refractivity contribution in [1.82, 2.24) is 4.57 Å². The average molecular weight is 665 g/mol. The van der Waals surface area contributed by atoms with E-state index >= 15 is 0 Å². The van der Waals surface area contributed by atoms with E-state index in [1.807, 2.05) is 11.3 Å². The van der Waals surface area contributed by atoms with Crippen LogP contribution in [0.15, 0.2) is 170 Å². The van der Waals surface area contributed by atoms with Gasteiger partial charge in [0.1, 0.15) is 0 Å². The molecule has 0 radical (unpaired) electrons. The standard InChI is InChI=1S/C48H28N2S/c1-2-10-32(11-3-1)49(35-23-24-37-31(27-35)20-19-29-9-4-5-14-36(29)37)33-12-6-13-34(28-33)50-40-17-7-15-38-39-16-8-18-42-46(39)48-43(51-42)26-22-30-21-25-41(50)47(44(30)48)45(38)40/h1-28H. The second-order valence-electron chi connectivity index (χ2n) is 13.7. The summed E-state index contributed by atoms with van der Waals surface area (Å²) >= 11 is 1.91. The van der Waals surface area contributed by atoms with Crippen LogP contribution in [-0.2, 0) is 0 Å². The predicted octanol–water partition coefficient (Wildman–Crippen LogP) is 14.1. The Hall–Kier alpha value is -6.42. The highest BCUT2D eigenvalue weighted by molar-refractivity contribution is 7.26. The normalized spacial score (nSPS) is 12.3. The Kier molecular flexibility index (Phi) is 5.41. The molecular formula is C48H28N2S. The van der Waals surface area contributed by atoms with Gasteiger partial charge in [-0.25, -0.2) is 0 Å². The van der Waals surface area contributed by atoms with E-state index in [1.54, 1.807) is 0 Å². The van der Waals surface area contributed by atoms with Crippen LogP contribution in [0, 0.1) is 0 Å². The molecular weight excluding hydrogens is 637 g/mol. The van der Waals surface area contributed by atoms with E-state index in [-0.39, 0.29) is 0 Å². The van der Waals surface area contributed by atoms with Gasteiger partial charge in [0.05, 0.1) is 11.0 Å². The molecule has 2 nitrogen and oxygen atoms in total. The molecule has 0 aliphatic heterocycles. The van der Waals surface area contributed by atoms with Crippen molar-refractivity contribution in [2.75, 3.05) is 4.90 Å². The molecule has 0 amide bonds. The van der Waals surface area contributed by atoms with Crippen molar-refractivity contribution >= 4 is 103 Å². The summed E-state index contributed by atoms with van der Waals surface area (Å²) in [6.45, 7) is 0. The van der Waals surface area contributed by atoms with E-state index in [1.165, 1.54) is 85.4 Å². The van der Waals surface area contributed by atoms with E-state index in [9.17, 15) is 0 Å². The third-order valence-corrected chi connectivity index (χ3v) is 12.2. The van der Waals surface area contributed by atoms with Gasteiger partial charge in [0.25, 0.3) is 0 Å². The summed E-state index contributed by atoms with van der Waals surface area (Å²) < 4.78 is 5.20. The minimum Gasteiger partial charge on any atom is -0.310 e. The molecule has 11 aromatic rings. The van der Waals surface area contributed by atoms with Crippen LogP contribution in [0.4, 0.5) is 17.1 Å². The number of rotatable bonds is 4. The maximum atomic E-state index is 2.49. The van der Waals surface area contributed by atoms with Crippen molar-refractivity contribution in [3.63, 3.8) is 0 Å². The Morgan fingerprint density at radius 3 is 2.00 bits per heavy atom. The monoisotopic (exact) mass is 664 g/mol. The van der Waals surface area contributed by atoms with E-state index < -0.39 is 0 Å². The zero-order chi connectivity index (χ0) is 33.2. The lowest BCUT2D eigenvalue weighted by molar-refractivity contribution is 1.17. The first kappa shape index (κ1) is 27.4. The summed E-state index contributed by atoms with van der Waals surface area (Å²) in [6, 6.07) is 62.8. The number of benzene rings is 9. The van der Waals surface area contributed by atoms with Crippen LogP contribution in [0.2, 0.25) is 0 Å². The Morgan fingerprint density at radius 2 is 1.06 bits per heavy atom. The van der Waals surface area contributed by atoms with Crippen LogP contribution in [0.5, 0.6) is 0 Å². The van der Waals surface area contributed by atoms with Crippen LogP contribution in [0.25, 0.3) is 91.1 Å². The number of hydrogen-bond acceptors (Lipinski definition) is 2. The number of aromatic nitrogens is 1. The molecule has 0 fully saturated rings. The molecule has 2 aromatic heterocycles. The van der Waals surface area contributed by atoms with E-state index in [0.717, 1.165) is 22.7 Å². The minimum absolute atomic E-state index is 1.12. The third-order valence-electron chi connectivity index (χ3n) is 11.0. The molecule has 1 aliphatic rings. The van der Waals surface area contributed by atoms with Crippen LogP contribution in [-0.4, -0.2) is 4.57 Å². The Bertz CT molecular complexity index is 3260. The van der Waals surface area contributed by atoms with Crippen molar-refractivity contribution in [3.8, 4) is 16.8 Å². The molecule has 0 saturated carbocycles. The number of hydrogen-bond donors (Lipinski definition) is 0. The van der Waals surface area contributed by atoms with Crippen LogP contribution < -0.4 is 4.90 Å². The van der Waals surface area contributed by atoms with Crippen molar-refractivity contribution < 1.29 is 0 Å². The first-order chi connectivity index (χ1) is 25.3. The number of nitrogens with zero attached hydrogens (tertiary/aromatic N) is 2. The fourth-order valence-corrected chi connectivity index (χ4v) is 10.1. The van der Waals surface area contributed by atoms with E-state index in [2.05, 4.69) is 179 Å². The highest BCUT2D eigenvalue weighted by Crippen LogP contribution is 2.52. The quantitative estimate of drug-likeness (QED) is 0.170. The van der Waals surface area contributed by atoms with Gasteiger partial charge in [0.15, 0.2) is 0 Å². The number of thiophene rings is 1. The predicted molar refractivity (Wildman–Crippen MR) is 220 cm³/mol. The lowest BCUT2D eigenvalue weighted by Gasteiger charge is -2.26. The van der Waals surface area contributed by atoms with Crippen LogP contribution in [0.1, 0.15) is 0 Å². The van der Waals surface area contributed by atoms with E-state index in [0.29, 0.717) is 0 Å². The first-order valence-electron chi connectivity index (χ1n) is 17.5. The molecule has 51 heavy (non-hydrogen) atoms. The van der Waals surface area contributed by atoms with Gasteiger partial charge >= 0.3 is 0 Å². The SMILES string of the molecule is c1ccc(N(c2cccc(-n3c4cccc5c4c4c6c(ccc7sc8cccc-5c8c76)ccc43)c2)c2ccc3c(ccc4ccccc43)c2)cc1. The van der Waals surface area contributed by atoms with Crippen molar-refractivity contribution in [3.05, 3.63) is 170 Å². The summed E-state index contributed by atoms with van der Waals surface area (Å²) in [5.41, 5.74) is 9.64. The molecule has 236 valence electrons. The molecule has 0 bridgehead atoms. The summed E-state index contributed by atoms with van der Waals surface area (Å²) in [6.07, 6.45) is 0. The Balaban J connectivity index is 1.12. The summed E-state index contributed by atoms with van der Waals surface area (Å²) in [5, 5.41) is 13.2. The number of para-hydroxylation sites is 1. The van der Waals surface area contributed by atoms with Crippen molar-refractivity contribution in [1.29, 1.82) is 0 Å². The Morgan fingerprint density at radius 1 is 0.373 bits per heavy atom. The second kappa shape index (κ2) is 10.1. The Labute approximate surface area is 297 Å².